The van der Waals surface area contributed by atoms with Gasteiger partial charge in [0.25, 0.3) is 0 Å². The molecule has 3 aromatic rings. The number of hydrogen-bond donors (Lipinski definition) is 0. The maximum Gasteiger partial charge on any atom is 0.416 e. The van der Waals surface area contributed by atoms with Crippen LogP contribution in [0.5, 0.6) is 0 Å². The summed E-state index contributed by atoms with van der Waals surface area (Å²) in [4.78, 5) is 17.0. The van der Waals surface area contributed by atoms with Crippen LogP contribution in [0.2, 0.25) is 0 Å². The number of rotatable bonds is 5. The van der Waals surface area contributed by atoms with Crippen molar-refractivity contribution >= 4 is 23.6 Å². The molecule has 4 nitrogen and oxygen atoms in total. The fourth-order valence-corrected chi connectivity index (χ4v) is 5.67. The van der Waals surface area contributed by atoms with E-state index in [0.717, 1.165) is 24.3 Å². The number of nitrogens with zero attached hydrogens (tertiary/aromatic N) is 3. The fourth-order valence-electron chi connectivity index (χ4n) is 3.92. The molecule has 1 aromatic heterocycles. The quantitative estimate of drug-likeness (QED) is 0.453. The van der Waals surface area contributed by atoms with Crippen molar-refractivity contribution in [3.63, 3.8) is 0 Å². The van der Waals surface area contributed by atoms with Crippen LogP contribution in [0.1, 0.15) is 23.6 Å². The number of hydrogen-bond acceptors (Lipinski definition) is 4. The number of alkyl halides is 3. The molecule has 0 bridgehead atoms. The van der Waals surface area contributed by atoms with Crippen molar-refractivity contribution in [2.45, 2.75) is 29.6 Å². The van der Waals surface area contributed by atoms with E-state index in [9.17, 15) is 26.7 Å². The predicted molar refractivity (Wildman–Crippen MR) is 114 cm³/mol. The van der Waals surface area contributed by atoms with Gasteiger partial charge in [0.1, 0.15) is 24.3 Å². The molecule has 33 heavy (non-hydrogen) atoms. The van der Waals surface area contributed by atoms with Gasteiger partial charge in [-0.2, -0.15) is 18.3 Å². The third-order valence-electron chi connectivity index (χ3n) is 5.70. The third-order valence-corrected chi connectivity index (χ3v) is 7.46. The summed E-state index contributed by atoms with van der Waals surface area (Å²) in [6.45, 7) is 1.80. The average Bonchev–Trinajstić information content (AvgIpc) is 3.35. The molecule has 2 aromatic carbocycles. The van der Waals surface area contributed by atoms with Crippen molar-refractivity contribution in [1.29, 1.82) is 0 Å². The molecule has 1 aliphatic heterocycles. The molecule has 0 amide bonds. The van der Waals surface area contributed by atoms with Crippen molar-refractivity contribution in [3.8, 4) is 0 Å². The molecule has 4 rings (SSSR count). The molecule has 10 heteroatoms. The minimum atomic E-state index is -4.44. The van der Waals surface area contributed by atoms with Crippen LogP contribution in [0, 0.1) is 17.6 Å². The molecule has 0 aliphatic carbocycles. The van der Waals surface area contributed by atoms with Crippen LogP contribution < -0.4 is 0 Å². The first-order chi connectivity index (χ1) is 15.6. The number of thioether (sulfide) groups is 1. The van der Waals surface area contributed by atoms with E-state index in [-0.39, 0.29) is 17.9 Å². The number of benzene rings is 2. The van der Waals surface area contributed by atoms with E-state index in [2.05, 4.69) is 10.1 Å². The van der Waals surface area contributed by atoms with Crippen molar-refractivity contribution in [3.05, 3.63) is 89.5 Å². The number of ketones is 1. The second-order valence-electron chi connectivity index (χ2n) is 7.75. The summed E-state index contributed by atoms with van der Waals surface area (Å²) in [5.41, 5.74) is -0.0975. The largest absolute Gasteiger partial charge is 0.416 e. The summed E-state index contributed by atoms with van der Waals surface area (Å²) in [6, 6.07) is 7.82. The van der Waals surface area contributed by atoms with Gasteiger partial charge in [0.15, 0.2) is 5.78 Å². The Hall–Kier alpha value is -3.01. The highest BCUT2D eigenvalue weighted by molar-refractivity contribution is 8.02. The summed E-state index contributed by atoms with van der Waals surface area (Å²) in [7, 11) is 0. The Morgan fingerprint density at radius 2 is 1.88 bits per heavy atom. The number of carbonyl (C=O) groups is 1. The lowest BCUT2D eigenvalue weighted by atomic mass is 9.82. The number of carbonyl (C=O) groups excluding carboxylic acids is 1. The van der Waals surface area contributed by atoms with Gasteiger partial charge in [-0.25, -0.2) is 13.8 Å². The third kappa shape index (κ3) is 4.57. The minimum Gasteiger partial charge on any atom is -0.298 e. The predicted octanol–water partition coefficient (Wildman–Crippen LogP) is 5.50. The van der Waals surface area contributed by atoms with Gasteiger partial charge < -0.3 is 0 Å². The van der Waals surface area contributed by atoms with Crippen LogP contribution >= 0.6 is 11.8 Å². The normalized spacial score (nSPS) is 23.5. The van der Waals surface area contributed by atoms with Gasteiger partial charge in [-0.15, -0.1) is 11.8 Å². The van der Waals surface area contributed by atoms with E-state index in [1.54, 1.807) is 19.1 Å². The van der Waals surface area contributed by atoms with Gasteiger partial charge in [-0.3, -0.25) is 9.48 Å². The van der Waals surface area contributed by atoms with E-state index >= 15 is 0 Å². The van der Waals surface area contributed by atoms with E-state index in [1.807, 2.05) is 0 Å². The first-order valence-electron chi connectivity index (χ1n) is 9.95. The zero-order chi connectivity index (χ0) is 23.8. The average molecular weight is 479 g/mol. The Labute approximate surface area is 190 Å². The molecule has 0 radical (unpaired) electrons. The van der Waals surface area contributed by atoms with Gasteiger partial charge in [0.05, 0.1) is 22.1 Å². The molecule has 0 N–H and O–H groups in total. The Morgan fingerprint density at radius 3 is 2.48 bits per heavy atom. The van der Waals surface area contributed by atoms with Crippen molar-refractivity contribution in [1.82, 2.24) is 14.8 Å². The lowest BCUT2D eigenvalue weighted by molar-refractivity contribution is -0.137. The second kappa shape index (κ2) is 8.74. The van der Waals surface area contributed by atoms with Gasteiger partial charge in [0, 0.05) is 17.5 Å². The minimum absolute atomic E-state index is 0.123. The molecule has 1 aliphatic rings. The summed E-state index contributed by atoms with van der Waals surface area (Å²) in [6.07, 6.45) is 1.50. The molecule has 0 saturated carbocycles. The maximum atomic E-state index is 14.9. The SMILES string of the molecule is C[C@@H]1C(=O)[C@H](/C=C/c2ccc(C(F)(F)F)cc2)S[C@@]1(Cn1cncn1)c1ccc(F)cc1F. The number of Topliss-reactive ketones (excluding diaryl/α,β-unsaturated/α-hetero) is 1. The highest BCUT2D eigenvalue weighted by Gasteiger charge is 2.53. The standard InChI is InChI=1S/C23H18F5N3OS/c1-14-21(32)20(9-4-15-2-5-16(6-3-15)23(26,27)28)33-22(14,11-31-13-29-12-30-31)18-8-7-17(24)10-19(18)25/h2-10,12-14,20H,11H2,1H3/b9-4+/t14-,20+,22-/m1/s1. The molecule has 0 spiro atoms. The fraction of sp³-hybridized carbons (Fsp3) is 0.261. The van der Waals surface area contributed by atoms with Crippen LogP contribution in [0.3, 0.4) is 0 Å². The van der Waals surface area contributed by atoms with Crippen LogP contribution in [-0.4, -0.2) is 25.8 Å². The van der Waals surface area contributed by atoms with Crippen LogP contribution in [-0.2, 0) is 22.3 Å². The Morgan fingerprint density at radius 1 is 1.15 bits per heavy atom. The molecule has 2 heterocycles. The van der Waals surface area contributed by atoms with Crippen LogP contribution in [0.25, 0.3) is 6.08 Å². The summed E-state index contributed by atoms with van der Waals surface area (Å²) in [5, 5.41) is 3.39. The van der Waals surface area contributed by atoms with Crippen LogP contribution in [0.15, 0.2) is 61.2 Å². The lowest BCUT2D eigenvalue weighted by Gasteiger charge is -2.32. The zero-order valence-corrected chi connectivity index (χ0v) is 18.1. The monoisotopic (exact) mass is 479 g/mol. The molecular weight excluding hydrogens is 461 g/mol. The van der Waals surface area contributed by atoms with Gasteiger partial charge in [0.2, 0.25) is 0 Å². The van der Waals surface area contributed by atoms with Crippen molar-refractivity contribution < 1.29 is 26.7 Å². The Bertz CT molecular complexity index is 1180. The number of halogens is 5. The summed E-state index contributed by atoms with van der Waals surface area (Å²) < 4.78 is 67.2. The Kier molecular flexibility index (Phi) is 6.13. The molecule has 1 fully saturated rings. The van der Waals surface area contributed by atoms with Crippen molar-refractivity contribution in [2.75, 3.05) is 0 Å². The van der Waals surface area contributed by atoms with Crippen LogP contribution in [0.4, 0.5) is 22.0 Å². The molecule has 3 atom stereocenters. The summed E-state index contributed by atoms with van der Waals surface area (Å²) in [5.74, 6) is -2.33. The second-order valence-corrected chi connectivity index (χ2v) is 9.22. The highest BCUT2D eigenvalue weighted by atomic mass is 32.2. The molecule has 172 valence electrons. The first-order valence-corrected chi connectivity index (χ1v) is 10.8. The van der Waals surface area contributed by atoms with Crippen molar-refractivity contribution in [2.24, 2.45) is 5.92 Å². The van der Waals surface area contributed by atoms with Gasteiger partial charge in [-0.1, -0.05) is 37.3 Å². The summed E-state index contributed by atoms with van der Waals surface area (Å²) >= 11 is 1.20. The van der Waals surface area contributed by atoms with Gasteiger partial charge >= 0.3 is 6.18 Å². The molecule has 0 unspecified atom stereocenters. The maximum absolute atomic E-state index is 14.9. The topological polar surface area (TPSA) is 47.8 Å². The van der Waals surface area contributed by atoms with E-state index in [1.165, 1.54) is 47.3 Å². The number of aromatic nitrogens is 3. The van der Waals surface area contributed by atoms with E-state index in [0.29, 0.717) is 5.56 Å². The smallest absolute Gasteiger partial charge is 0.298 e. The molecule has 1 saturated heterocycles. The van der Waals surface area contributed by atoms with E-state index < -0.39 is 39.3 Å². The van der Waals surface area contributed by atoms with E-state index in [4.69, 9.17) is 0 Å². The first kappa shape index (κ1) is 23.2. The zero-order valence-electron chi connectivity index (χ0n) is 17.3. The molecular formula is C23H18F5N3OS. The highest BCUT2D eigenvalue weighted by Crippen LogP contribution is 2.54. The lowest BCUT2D eigenvalue weighted by Crippen LogP contribution is -2.35. The Balaban J connectivity index is 1.67. The van der Waals surface area contributed by atoms with Gasteiger partial charge in [-0.05, 0) is 23.8 Å².